The average Bonchev–Trinajstić information content (AvgIpc) is 2.82. The second-order valence-corrected chi connectivity index (χ2v) is 6.10. The van der Waals surface area contributed by atoms with Crippen LogP contribution in [0.3, 0.4) is 0 Å². The van der Waals surface area contributed by atoms with E-state index in [4.69, 9.17) is 4.74 Å². The van der Waals surface area contributed by atoms with Gasteiger partial charge in [0, 0.05) is 6.04 Å². The van der Waals surface area contributed by atoms with E-state index in [2.05, 4.69) is 12.7 Å². The SMILES string of the molecule is C=CCCC1=CC2CCC(C1)N2C(=O)OCc1ccccc1. The Morgan fingerprint density at radius 3 is 2.86 bits per heavy atom. The number of carbonyl (C=O) groups excluding carboxylic acids is 1. The first-order chi connectivity index (χ1) is 10.8. The van der Waals surface area contributed by atoms with Gasteiger partial charge >= 0.3 is 6.09 Å². The molecule has 0 N–H and O–H groups in total. The summed E-state index contributed by atoms with van der Waals surface area (Å²) in [5, 5.41) is 0. The molecule has 0 radical (unpaired) electrons. The van der Waals surface area contributed by atoms with Gasteiger partial charge in [-0.25, -0.2) is 4.79 Å². The first kappa shape index (κ1) is 14.9. The van der Waals surface area contributed by atoms with E-state index in [1.807, 2.05) is 41.3 Å². The Morgan fingerprint density at radius 1 is 1.32 bits per heavy atom. The van der Waals surface area contributed by atoms with Crippen molar-refractivity contribution in [1.82, 2.24) is 4.90 Å². The molecule has 2 aliphatic heterocycles. The van der Waals surface area contributed by atoms with E-state index >= 15 is 0 Å². The molecule has 1 amide bonds. The van der Waals surface area contributed by atoms with Gasteiger partial charge in [-0.15, -0.1) is 6.58 Å². The van der Waals surface area contributed by atoms with Crippen LogP contribution in [0.4, 0.5) is 4.79 Å². The van der Waals surface area contributed by atoms with Crippen molar-refractivity contribution in [2.45, 2.75) is 50.8 Å². The standard InChI is InChI=1S/C19H23NO2/c1-2-3-7-16-12-17-10-11-18(13-16)20(17)19(21)22-14-15-8-5-4-6-9-15/h2,4-6,8-9,12,17-18H,1,3,7,10-11,13-14H2. The van der Waals surface area contributed by atoms with Crippen molar-refractivity contribution in [1.29, 1.82) is 0 Å². The summed E-state index contributed by atoms with van der Waals surface area (Å²) in [4.78, 5) is 14.4. The van der Waals surface area contributed by atoms with Gasteiger partial charge in [0.1, 0.15) is 6.61 Å². The molecule has 2 heterocycles. The molecule has 22 heavy (non-hydrogen) atoms. The Labute approximate surface area is 132 Å². The molecule has 2 bridgehead atoms. The van der Waals surface area contributed by atoms with Crippen LogP contribution >= 0.6 is 0 Å². The van der Waals surface area contributed by atoms with Gasteiger partial charge in [0.15, 0.2) is 0 Å². The predicted molar refractivity (Wildman–Crippen MR) is 87.4 cm³/mol. The monoisotopic (exact) mass is 297 g/mol. The van der Waals surface area contributed by atoms with Crippen LogP contribution in [-0.2, 0) is 11.3 Å². The molecule has 2 aliphatic rings. The third-order valence-corrected chi connectivity index (χ3v) is 4.56. The molecule has 0 aromatic heterocycles. The van der Waals surface area contributed by atoms with Gasteiger partial charge < -0.3 is 4.74 Å². The summed E-state index contributed by atoms with van der Waals surface area (Å²) in [5.41, 5.74) is 2.50. The van der Waals surface area contributed by atoms with Crippen LogP contribution < -0.4 is 0 Å². The van der Waals surface area contributed by atoms with Gasteiger partial charge in [-0.3, -0.25) is 4.90 Å². The van der Waals surface area contributed by atoms with Crippen molar-refractivity contribution in [3.8, 4) is 0 Å². The van der Waals surface area contributed by atoms with Gasteiger partial charge in [-0.05, 0) is 37.7 Å². The van der Waals surface area contributed by atoms with Crippen LogP contribution in [0.2, 0.25) is 0 Å². The molecule has 3 rings (SSSR count). The van der Waals surface area contributed by atoms with Gasteiger partial charge in [0.2, 0.25) is 0 Å². The molecule has 0 saturated carbocycles. The van der Waals surface area contributed by atoms with Gasteiger partial charge in [0.05, 0.1) is 6.04 Å². The second-order valence-electron chi connectivity index (χ2n) is 6.10. The van der Waals surface area contributed by atoms with E-state index in [1.54, 1.807) is 0 Å². The summed E-state index contributed by atoms with van der Waals surface area (Å²) in [5.74, 6) is 0. The van der Waals surface area contributed by atoms with Crippen LogP contribution in [0.1, 0.15) is 37.7 Å². The van der Waals surface area contributed by atoms with Crippen LogP contribution in [0.25, 0.3) is 0 Å². The number of hydrogen-bond donors (Lipinski definition) is 0. The quantitative estimate of drug-likeness (QED) is 0.751. The highest BCUT2D eigenvalue weighted by atomic mass is 16.6. The molecule has 1 aromatic carbocycles. The van der Waals surface area contributed by atoms with Crippen LogP contribution in [-0.4, -0.2) is 23.1 Å². The number of carbonyl (C=O) groups is 1. The fourth-order valence-electron chi connectivity index (χ4n) is 3.47. The molecule has 1 fully saturated rings. The fraction of sp³-hybridized carbons (Fsp3) is 0.421. The van der Waals surface area contributed by atoms with E-state index in [0.717, 1.165) is 37.7 Å². The summed E-state index contributed by atoms with van der Waals surface area (Å²) in [6.07, 6.45) is 9.29. The Balaban J connectivity index is 1.59. The van der Waals surface area contributed by atoms with Crippen molar-refractivity contribution < 1.29 is 9.53 Å². The van der Waals surface area contributed by atoms with E-state index in [1.165, 1.54) is 5.57 Å². The largest absolute Gasteiger partial charge is 0.445 e. The van der Waals surface area contributed by atoms with Gasteiger partial charge in [-0.1, -0.05) is 48.1 Å². The lowest BCUT2D eigenvalue weighted by molar-refractivity contribution is 0.0815. The fourth-order valence-corrected chi connectivity index (χ4v) is 3.47. The lowest BCUT2D eigenvalue weighted by atomic mass is 9.97. The third kappa shape index (κ3) is 3.24. The van der Waals surface area contributed by atoms with Gasteiger partial charge in [-0.2, -0.15) is 0 Å². The number of rotatable bonds is 5. The van der Waals surface area contributed by atoms with E-state index in [9.17, 15) is 4.79 Å². The maximum atomic E-state index is 12.4. The molecular formula is C19H23NO2. The van der Waals surface area contributed by atoms with Crippen molar-refractivity contribution in [2.75, 3.05) is 0 Å². The number of nitrogens with zero attached hydrogens (tertiary/aromatic N) is 1. The molecule has 0 aliphatic carbocycles. The maximum absolute atomic E-state index is 12.4. The molecule has 0 spiro atoms. The van der Waals surface area contributed by atoms with Crippen LogP contribution in [0, 0.1) is 0 Å². The molecule has 116 valence electrons. The predicted octanol–water partition coefficient (Wildman–Crippen LogP) is 4.45. The highest BCUT2D eigenvalue weighted by molar-refractivity contribution is 5.70. The highest BCUT2D eigenvalue weighted by Gasteiger charge is 2.40. The lowest BCUT2D eigenvalue weighted by Gasteiger charge is -2.33. The van der Waals surface area contributed by atoms with Crippen molar-refractivity contribution in [2.24, 2.45) is 0 Å². The highest BCUT2D eigenvalue weighted by Crippen LogP contribution is 2.36. The molecule has 3 nitrogen and oxygen atoms in total. The Bertz CT molecular complexity index is 564. The minimum atomic E-state index is -0.171. The summed E-state index contributed by atoms with van der Waals surface area (Å²) in [6.45, 7) is 4.13. The minimum Gasteiger partial charge on any atom is -0.445 e. The number of fused-ring (bicyclic) bond motifs is 2. The van der Waals surface area contributed by atoms with E-state index < -0.39 is 0 Å². The summed E-state index contributed by atoms with van der Waals surface area (Å²) in [6, 6.07) is 10.4. The molecule has 1 saturated heterocycles. The van der Waals surface area contributed by atoms with Crippen molar-refractivity contribution in [3.05, 3.63) is 60.2 Å². The molecular weight excluding hydrogens is 274 g/mol. The molecule has 3 heteroatoms. The van der Waals surface area contributed by atoms with Gasteiger partial charge in [0.25, 0.3) is 0 Å². The molecule has 1 aromatic rings. The van der Waals surface area contributed by atoms with Crippen LogP contribution in [0.15, 0.2) is 54.6 Å². The number of benzene rings is 1. The Kier molecular flexibility index (Phi) is 4.62. The Morgan fingerprint density at radius 2 is 2.14 bits per heavy atom. The minimum absolute atomic E-state index is 0.171. The van der Waals surface area contributed by atoms with E-state index in [0.29, 0.717) is 12.6 Å². The summed E-state index contributed by atoms with van der Waals surface area (Å²) >= 11 is 0. The maximum Gasteiger partial charge on any atom is 0.410 e. The number of ether oxygens (including phenoxy) is 1. The number of allylic oxidation sites excluding steroid dienone is 1. The van der Waals surface area contributed by atoms with E-state index in [-0.39, 0.29) is 12.1 Å². The topological polar surface area (TPSA) is 29.5 Å². The molecule has 2 unspecified atom stereocenters. The first-order valence-electron chi connectivity index (χ1n) is 8.07. The smallest absolute Gasteiger partial charge is 0.410 e. The van der Waals surface area contributed by atoms with Crippen LogP contribution in [0.5, 0.6) is 0 Å². The third-order valence-electron chi connectivity index (χ3n) is 4.56. The average molecular weight is 297 g/mol. The number of amides is 1. The number of hydrogen-bond acceptors (Lipinski definition) is 2. The zero-order chi connectivity index (χ0) is 15.4. The normalized spacial score (nSPS) is 23.1. The van der Waals surface area contributed by atoms with Crippen molar-refractivity contribution >= 4 is 6.09 Å². The first-order valence-corrected chi connectivity index (χ1v) is 8.07. The Hall–Kier alpha value is -2.03. The molecule has 2 atom stereocenters. The summed E-state index contributed by atoms with van der Waals surface area (Å²) in [7, 11) is 0. The lowest BCUT2D eigenvalue weighted by Crippen LogP contribution is -2.43. The zero-order valence-electron chi connectivity index (χ0n) is 12.9. The zero-order valence-corrected chi connectivity index (χ0v) is 12.9. The second kappa shape index (κ2) is 6.82. The van der Waals surface area contributed by atoms with Crippen molar-refractivity contribution in [3.63, 3.8) is 0 Å². The summed E-state index contributed by atoms with van der Waals surface area (Å²) < 4.78 is 5.51.